The lowest BCUT2D eigenvalue weighted by molar-refractivity contribution is 0.0493. The van der Waals surface area contributed by atoms with Crippen LogP contribution in [0.2, 0.25) is 0 Å². The molecule has 4 heteroatoms. The molecule has 3 rings (SSSR count). The van der Waals surface area contributed by atoms with Crippen LogP contribution in [0.25, 0.3) is 22.0 Å². The number of ether oxygens (including phenoxy) is 1. The van der Waals surface area contributed by atoms with Gasteiger partial charge in [-0.25, -0.2) is 4.79 Å². The number of esters is 1. The number of nitrogens with one attached hydrogen (secondary N) is 1. The van der Waals surface area contributed by atoms with Gasteiger partial charge in [-0.15, -0.1) is 0 Å². The third-order valence-corrected chi connectivity index (χ3v) is 2.90. The lowest BCUT2D eigenvalue weighted by Crippen LogP contribution is -2.02. The molecule has 0 fully saturated rings. The molecule has 18 heavy (non-hydrogen) atoms. The Morgan fingerprint density at radius 1 is 1.33 bits per heavy atom. The van der Waals surface area contributed by atoms with Crippen molar-refractivity contribution in [1.82, 2.24) is 4.98 Å². The number of carbonyl (C=O) groups excluding carboxylic acids is 1. The molecule has 0 saturated carbocycles. The lowest BCUT2D eigenvalue weighted by atomic mass is 10.2. The van der Waals surface area contributed by atoms with Gasteiger partial charge in [0.2, 0.25) is 5.76 Å². The molecule has 0 radical (unpaired) electrons. The smallest absolute Gasteiger partial charge is 0.374 e. The molecule has 2 aromatic heterocycles. The average molecular weight is 243 g/mol. The van der Waals surface area contributed by atoms with Crippen molar-refractivity contribution in [2.45, 2.75) is 13.8 Å². The van der Waals surface area contributed by atoms with E-state index in [-0.39, 0.29) is 5.76 Å². The van der Waals surface area contributed by atoms with Gasteiger partial charge in [0.1, 0.15) is 0 Å². The number of hydrogen-bond acceptors (Lipinski definition) is 3. The molecule has 0 unspecified atom stereocenters. The first-order chi connectivity index (χ1) is 8.69. The summed E-state index contributed by atoms with van der Waals surface area (Å²) in [7, 11) is 0. The van der Waals surface area contributed by atoms with E-state index < -0.39 is 5.97 Å². The number of hydrogen-bond donors (Lipinski definition) is 1. The third kappa shape index (κ3) is 1.57. The summed E-state index contributed by atoms with van der Waals surface area (Å²) in [5, 5.41) is 0.978. The summed E-state index contributed by atoms with van der Waals surface area (Å²) in [5.41, 5.74) is 3.71. The number of furan rings is 1. The SMILES string of the molecule is CCOC(=O)c1cc2[nH]c3cc(C)ccc3c2o1. The van der Waals surface area contributed by atoms with Crippen molar-refractivity contribution in [1.29, 1.82) is 0 Å². The lowest BCUT2D eigenvalue weighted by Gasteiger charge is -1.96. The quantitative estimate of drug-likeness (QED) is 0.702. The summed E-state index contributed by atoms with van der Waals surface area (Å²) >= 11 is 0. The highest BCUT2D eigenvalue weighted by Crippen LogP contribution is 2.29. The Labute approximate surface area is 104 Å². The van der Waals surface area contributed by atoms with Crippen molar-refractivity contribution in [3.8, 4) is 0 Å². The Bertz CT molecular complexity index is 736. The van der Waals surface area contributed by atoms with Crippen LogP contribution in [0.3, 0.4) is 0 Å². The van der Waals surface area contributed by atoms with Crippen LogP contribution < -0.4 is 0 Å². The minimum absolute atomic E-state index is 0.237. The molecule has 1 N–H and O–H groups in total. The zero-order valence-electron chi connectivity index (χ0n) is 10.2. The van der Waals surface area contributed by atoms with Crippen LogP contribution >= 0.6 is 0 Å². The Hall–Kier alpha value is -2.23. The van der Waals surface area contributed by atoms with E-state index in [0.29, 0.717) is 12.2 Å². The molecule has 0 saturated heterocycles. The van der Waals surface area contributed by atoms with Crippen molar-refractivity contribution in [3.63, 3.8) is 0 Å². The molecule has 2 heterocycles. The van der Waals surface area contributed by atoms with Crippen molar-refractivity contribution < 1.29 is 13.9 Å². The number of aryl methyl sites for hydroxylation is 1. The normalized spacial score (nSPS) is 11.2. The van der Waals surface area contributed by atoms with Crippen LogP contribution in [-0.2, 0) is 4.74 Å². The highest BCUT2D eigenvalue weighted by Gasteiger charge is 2.16. The molecule has 3 aromatic rings. The van der Waals surface area contributed by atoms with E-state index in [1.165, 1.54) is 5.56 Å². The fourth-order valence-corrected chi connectivity index (χ4v) is 2.09. The molecule has 0 aliphatic rings. The molecule has 0 amide bonds. The molecule has 0 aliphatic carbocycles. The predicted molar refractivity (Wildman–Crippen MR) is 68.8 cm³/mol. The second kappa shape index (κ2) is 3.91. The van der Waals surface area contributed by atoms with Crippen molar-refractivity contribution in [2.75, 3.05) is 6.61 Å². The Morgan fingerprint density at radius 3 is 2.94 bits per heavy atom. The summed E-state index contributed by atoms with van der Waals surface area (Å²) in [4.78, 5) is 14.8. The number of aromatic amines is 1. The number of carbonyl (C=O) groups is 1. The van der Waals surface area contributed by atoms with E-state index >= 15 is 0 Å². The highest BCUT2D eigenvalue weighted by atomic mass is 16.5. The van der Waals surface area contributed by atoms with E-state index in [1.807, 2.05) is 19.1 Å². The molecule has 0 atom stereocenters. The summed E-state index contributed by atoms with van der Waals surface area (Å²) in [6.07, 6.45) is 0. The average Bonchev–Trinajstić information content (AvgIpc) is 2.85. The molecule has 4 nitrogen and oxygen atoms in total. The van der Waals surface area contributed by atoms with Crippen LogP contribution in [0.1, 0.15) is 23.0 Å². The monoisotopic (exact) mass is 243 g/mol. The Kier molecular flexibility index (Phi) is 2.37. The van der Waals surface area contributed by atoms with Crippen LogP contribution in [-0.4, -0.2) is 17.6 Å². The summed E-state index contributed by atoms with van der Waals surface area (Å²) in [6.45, 7) is 4.14. The Balaban J connectivity index is 2.16. The van der Waals surface area contributed by atoms with E-state index in [2.05, 4.69) is 11.1 Å². The fourth-order valence-electron chi connectivity index (χ4n) is 2.09. The maximum absolute atomic E-state index is 11.6. The first-order valence-corrected chi connectivity index (χ1v) is 5.88. The summed E-state index contributed by atoms with van der Waals surface area (Å²) < 4.78 is 10.5. The second-order valence-corrected chi connectivity index (χ2v) is 4.25. The van der Waals surface area contributed by atoms with Crippen LogP contribution in [0.15, 0.2) is 28.7 Å². The van der Waals surface area contributed by atoms with Gasteiger partial charge in [0.25, 0.3) is 0 Å². The fraction of sp³-hybridized carbons (Fsp3) is 0.214. The number of aromatic nitrogens is 1. The molecule has 0 aliphatic heterocycles. The summed E-state index contributed by atoms with van der Waals surface area (Å²) in [5.74, 6) is -0.192. The van der Waals surface area contributed by atoms with Crippen LogP contribution in [0.5, 0.6) is 0 Å². The van der Waals surface area contributed by atoms with Gasteiger partial charge in [0.15, 0.2) is 5.58 Å². The van der Waals surface area contributed by atoms with E-state index in [9.17, 15) is 4.79 Å². The number of fused-ring (bicyclic) bond motifs is 3. The van der Waals surface area contributed by atoms with E-state index in [0.717, 1.165) is 16.4 Å². The van der Waals surface area contributed by atoms with Crippen molar-refractivity contribution in [3.05, 3.63) is 35.6 Å². The summed E-state index contributed by atoms with van der Waals surface area (Å²) in [6, 6.07) is 7.74. The van der Waals surface area contributed by atoms with Gasteiger partial charge in [-0.05, 0) is 31.5 Å². The first kappa shape index (κ1) is 10.9. The van der Waals surface area contributed by atoms with Crippen LogP contribution in [0.4, 0.5) is 0 Å². The van der Waals surface area contributed by atoms with Gasteiger partial charge in [0.05, 0.1) is 12.1 Å². The van der Waals surface area contributed by atoms with Crippen LogP contribution in [0, 0.1) is 6.92 Å². The van der Waals surface area contributed by atoms with Gasteiger partial charge in [-0.1, -0.05) is 6.07 Å². The van der Waals surface area contributed by atoms with Gasteiger partial charge >= 0.3 is 5.97 Å². The van der Waals surface area contributed by atoms with E-state index in [4.69, 9.17) is 9.15 Å². The minimum atomic E-state index is -0.428. The molecule has 92 valence electrons. The first-order valence-electron chi connectivity index (χ1n) is 5.88. The van der Waals surface area contributed by atoms with Crippen molar-refractivity contribution in [2.24, 2.45) is 0 Å². The maximum atomic E-state index is 11.6. The minimum Gasteiger partial charge on any atom is -0.460 e. The molecule has 0 bridgehead atoms. The molecular weight excluding hydrogens is 230 g/mol. The Morgan fingerprint density at radius 2 is 2.17 bits per heavy atom. The topological polar surface area (TPSA) is 55.2 Å². The predicted octanol–water partition coefficient (Wildman–Crippen LogP) is 3.40. The second-order valence-electron chi connectivity index (χ2n) is 4.25. The standard InChI is InChI=1S/C14H13NO3/c1-3-17-14(16)12-7-11-13(18-12)9-5-4-8(2)6-10(9)15-11/h4-7,15H,3H2,1-2H3. The zero-order valence-corrected chi connectivity index (χ0v) is 10.2. The van der Waals surface area contributed by atoms with Gasteiger partial charge < -0.3 is 14.1 Å². The van der Waals surface area contributed by atoms with Crippen molar-refractivity contribution >= 4 is 28.0 Å². The number of benzene rings is 1. The van der Waals surface area contributed by atoms with Gasteiger partial charge in [0, 0.05) is 17.0 Å². The van der Waals surface area contributed by atoms with Gasteiger partial charge in [-0.3, -0.25) is 0 Å². The largest absolute Gasteiger partial charge is 0.460 e. The zero-order chi connectivity index (χ0) is 12.7. The number of H-pyrrole nitrogens is 1. The molecule has 0 spiro atoms. The number of rotatable bonds is 2. The maximum Gasteiger partial charge on any atom is 0.374 e. The molecule has 1 aromatic carbocycles. The van der Waals surface area contributed by atoms with E-state index in [1.54, 1.807) is 13.0 Å². The molecular formula is C14H13NO3. The van der Waals surface area contributed by atoms with Gasteiger partial charge in [-0.2, -0.15) is 0 Å². The highest BCUT2D eigenvalue weighted by molar-refractivity contribution is 6.06. The third-order valence-electron chi connectivity index (χ3n) is 2.90.